The van der Waals surface area contributed by atoms with Crippen molar-refractivity contribution >= 4 is 67.0 Å². The van der Waals surface area contributed by atoms with Gasteiger partial charge >= 0.3 is 0 Å². The number of halogens is 2. The molecule has 138 valence electrons. The molecule has 9 heteroatoms. The van der Waals surface area contributed by atoms with Crippen LogP contribution in [0.15, 0.2) is 50.1 Å². The summed E-state index contributed by atoms with van der Waals surface area (Å²) in [6.45, 7) is 1.44. The van der Waals surface area contributed by atoms with Crippen molar-refractivity contribution in [2.75, 3.05) is 19.8 Å². The summed E-state index contributed by atoms with van der Waals surface area (Å²) in [6.07, 6.45) is 2.00. The number of hydrogen-bond acceptors (Lipinski definition) is 4. The molecule has 0 aliphatic carbocycles. The van der Waals surface area contributed by atoms with Gasteiger partial charge in [0.05, 0.1) is 15.2 Å². The molecule has 0 fully saturated rings. The number of nitrogens with one attached hydrogen (secondary N) is 2. The van der Waals surface area contributed by atoms with Crippen LogP contribution in [0.2, 0.25) is 0 Å². The Bertz CT molecular complexity index is 805. The normalized spacial score (nSPS) is 11.7. The molecule has 0 aliphatic rings. The third-order valence-corrected chi connectivity index (χ3v) is 6.09. The standard InChI is InChI=1S/C16H20BrN3O2S2.HI/c1-18-16(20-11-13-5-8-15(17)23-13)19-10-9-12-3-6-14(7-4-12)24(2,21)22;/h3-8H,9-11H2,1-2H3,(H2,18,19,20);1H. The first-order valence-corrected chi connectivity index (χ1v) is 10.9. The summed E-state index contributed by atoms with van der Waals surface area (Å²) in [4.78, 5) is 5.76. The molecule has 0 atom stereocenters. The number of hydrogen-bond donors (Lipinski definition) is 2. The van der Waals surface area contributed by atoms with E-state index in [1.807, 2.05) is 18.2 Å². The molecule has 0 bridgehead atoms. The summed E-state index contributed by atoms with van der Waals surface area (Å²) < 4.78 is 24.0. The second-order valence-corrected chi connectivity index (χ2v) is 9.79. The minimum absolute atomic E-state index is 0. The summed E-state index contributed by atoms with van der Waals surface area (Å²) in [5, 5.41) is 6.52. The van der Waals surface area contributed by atoms with E-state index in [0.717, 1.165) is 28.3 Å². The Kier molecular flexibility index (Phi) is 9.39. The largest absolute Gasteiger partial charge is 0.356 e. The molecule has 1 aromatic carbocycles. The molecule has 5 nitrogen and oxygen atoms in total. The van der Waals surface area contributed by atoms with Crippen molar-refractivity contribution in [2.24, 2.45) is 4.99 Å². The summed E-state index contributed by atoms with van der Waals surface area (Å²) in [6, 6.07) is 11.1. The maximum absolute atomic E-state index is 11.4. The molecular weight excluding hydrogens is 537 g/mol. The van der Waals surface area contributed by atoms with E-state index in [0.29, 0.717) is 11.4 Å². The maximum Gasteiger partial charge on any atom is 0.191 e. The average molecular weight is 558 g/mol. The molecule has 1 aromatic heterocycles. The van der Waals surface area contributed by atoms with Gasteiger partial charge < -0.3 is 10.6 Å². The van der Waals surface area contributed by atoms with Gasteiger partial charge in [-0.15, -0.1) is 35.3 Å². The molecule has 1 heterocycles. The molecule has 0 saturated carbocycles. The first-order chi connectivity index (χ1) is 11.4. The van der Waals surface area contributed by atoms with E-state index in [9.17, 15) is 8.42 Å². The van der Waals surface area contributed by atoms with Crippen molar-refractivity contribution in [3.8, 4) is 0 Å². The van der Waals surface area contributed by atoms with Gasteiger partial charge in [0.15, 0.2) is 15.8 Å². The van der Waals surface area contributed by atoms with Crippen LogP contribution < -0.4 is 10.6 Å². The van der Waals surface area contributed by atoms with E-state index in [-0.39, 0.29) is 24.0 Å². The molecule has 0 radical (unpaired) electrons. The van der Waals surface area contributed by atoms with Gasteiger partial charge in [-0.05, 0) is 52.2 Å². The number of guanidine groups is 1. The highest BCUT2D eigenvalue weighted by Crippen LogP contribution is 2.21. The summed E-state index contributed by atoms with van der Waals surface area (Å²) in [5.74, 6) is 0.743. The van der Waals surface area contributed by atoms with Crippen molar-refractivity contribution in [2.45, 2.75) is 17.9 Å². The number of benzene rings is 1. The highest BCUT2D eigenvalue weighted by Gasteiger charge is 2.06. The van der Waals surface area contributed by atoms with E-state index >= 15 is 0 Å². The molecule has 2 aromatic rings. The molecule has 0 spiro atoms. The SMILES string of the molecule is CN=C(NCCc1ccc(S(C)(=O)=O)cc1)NCc1ccc(Br)s1.I. The number of aliphatic imine (C=N–C) groups is 1. The Morgan fingerprint density at radius 1 is 1.16 bits per heavy atom. The van der Waals surface area contributed by atoms with Crippen LogP contribution in [0, 0.1) is 0 Å². The van der Waals surface area contributed by atoms with Crippen molar-refractivity contribution in [3.63, 3.8) is 0 Å². The third kappa shape index (κ3) is 7.63. The fourth-order valence-electron chi connectivity index (χ4n) is 2.07. The first-order valence-electron chi connectivity index (χ1n) is 7.36. The molecule has 0 saturated heterocycles. The van der Waals surface area contributed by atoms with Gasteiger partial charge in [0.25, 0.3) is 0 Å². The lowest BCUT2D eigenvalue weighted by atomic mass is 10.1. The molecule has 0 aliphatic heterocycles. The first kappa shape index (κ1) is 22.4. The lowest BCUT2D eigenvalue weighted by Gasteiger charge is -2.11. The zero-order chi connectivity index (χ0) is 17.6. The fourth-order valence-corrected chi connectivity index (χ4v) is 4.12. The van der Waals surface area contributed by atoms with Crippen LogP contribution in [0.1, 0.15) is 10.4 Å². The zero-order valence-corrected chi connectivity index (χ0v) is 19.5. The van der Waals surface area contributed by atoms with Gasteiger partial charge in [0.1, 0.15) is 0 Å². The molecule has 0 unspecified atom stereocenters. The van der Waals surface area contributed by atoms with Crippen molar-refractivity contribution in [1.82, 2.24) is 10.6 Å². The van der Waals surface area contributed by atoms with Crippen LogP contribution in [0.4, 0.5) is 0 Å². The van der Waals surface area contributed by atoms with Crippen molar-refractivity contribution < 1.29 is 8.42 Å². The van der Waals surface area contributed by atoms with Gasteiger partial charge in [-0.3, -0.25) is 4.99 Å². The summed E-state index contributed by atoms with van der Waals surface area (Å²) >= 11 is 5.13. The highest BCUT2D eigenvalue weighted by atomic mass is 127. The number of thiophene rings is 1. The van der Waals surface area contributed by atoms with Crippen molar-refractivity contribution in [1.29, 1.82) is 0 Å². The van der Waals surface area contributed by atoms with Crippen LogP contribution >= 0.6 is 51.2 Å². The van der Waals surface area contributed by atoms with E-state index in [2.05, 4.69) is 37.6 Å². The van der Waals surface area contributed by atoms with E-state index < -0.39 is 9.84 Å². The molecule has 2 rings (SSSR count). The van der Waals surface area contributed by atoms with Crippen LogP contribution in [-0.2, 0) is 22.8 Å². The van der Waals surface area contributed by atoms with Crippen LogP contribution in [0.3, 0.4) is 0 Å². The predicted octanol–water partition coefficient (Wildman–Crippen LogP) is 3.44. The number of rotatable bonds is 6. The predicted molar refractivity (Wildman–Crippen MR) is 119 cm³/mol. The topological polar surface area (TPSA) is 70.6 Å². The Hall–Kier alpha value is -0.650. The number of sulfone groups is 1. The van der Waals surface area contributed by atoms with Crippen molar-refractivity contribution in [3.05, 3.63) is 50.6 Å². The monoisotopic (exact) mass is 557 g/mol. The van der Waals surface area contributed by atoms with Gasteiger partial charge in [-0.2, -0.15) is 0 Å². The van der Waals surface area contributed by atoms with Gasteiger partial charge in [-0.1, -0.05) is 12.1 Å². The van der Waals surface area contributed by atoms with Gasteiger partial charge in [0, 0.05) is 24.7 Å². The third-order valence-electron chi connectivity index (χ3n) is 3.34. The quantitative estimate of drug-likeness (QED) is 0.324. The van der Waals surface area contributed by atoms with E-state index in [1.165, 1.54) is 11.1 Å². The van der Waals surface area contributed by atoms with Crippen LogP contribution in [0.25, 0.3) is 0 Å². The van der Waals surface area contributed by atoms with Gasteiger partial charge in [-0.25, -0.2) is 8.42 Å². The van der Waals surface area contributed by atoms with E-state index in [1.54, 1.807) is 30.5 Å². The molecule has 2 N–H and O–H groups in total. The van der Waals surface area contributed by atoms with Crippen LogP contribution in [0.5, 0.6) is 0 Å². The maximum atomic E-state index is 11.4. The smallest absolute Gasteiger partial charge is 0.191 e. The minimum atomic E-state index is -3.14. The zero-order valence-electron chi connectivity index (χ0n) is 14.0. The molecule has 0 amide bonds. The second kappa shape index (κ2) is 10.5. The summed E-state index contributed by atoms with van der Waals surface area (Å²) in [5.41, 5.74) is 1.08. The molecular formula is C16H21BrIN3O2S2. The lowest BCUT2D eigenvalue weighted by Crippen LogP contribution is -2.37. The Morgan fingerprint density at radius 2 is 1.84 bits per heavy atom. The highest BCUT2D eigenvalue weighted by molar-refractivity contribution is 14.0. The molecule has 25 heavy (non-hydrogen) atoms. The Balaban J connectivity index is 0.00000312. The minimum Gasteiger partial charge on any atom is -0.356 e. The van der Waals surface area contributed by atoms with E-state index in [4.69, 9.17) is 0 Å². The fraction of sp³-hybridized carbons (Fsp3) is 0.312. The number of nitrogens with zero attached hydrogens (tertiary/aromatic N) is 1. The van der Waals surface area contributed by atoms with Gasteiger partial charge in [0.2, 0.25) is 0 Å². The Labute approximate surface area is 178 Å². The Morgan fingerprint density at radius 3 is 2.36 bits per heavy atom. The van der Waals surface area contributed by atoms with Crippen LogP contribution in [-0.4, -0.2) is 34.2 Å². The lowest BCUT2D eigenvalue weighted by molar-refractivity contribution is 0.602. The summed E-state index contributed by atoms with van der Waals surface area (Å²) in [7, 11) is -1.40. The second-order valence-electron chi connectivity index (χ2n) is 5.22. The average Bonchev–Trinajstić information content (AvgIpc) is 2.96.